The van der Waals surface area contributed by atoms with E-state index in [9.17, 15) is 9.59 Å². The fourth-order valence-corrected chi connectivity index (χ4v) is 2.87. The van der Waals surface area contributed by atoms with Crippen molar-refractivity contribution in [2.75, 3.05) is 5.32 Å². The molecule has 2 heterocycles. The number of aromatic nitrogens is 3. The second kappa shape index (κ2) is 8.07. The van der Waals surface area contributed by atoms with Crippen LogP contribution in [0.25, 0.3) is 0 Å². The van der Waals surface area contributed by atoms with Gasteiger partial charge in [0.2, 0.25) is 0 Å². The molecule has 2 atom stereocenters. The highest BCUT2D eigenvalue weighted by molar-refractivity contribution is 5.97. The van der Waals surface area contributed by atoms with Gasteiger partial charge < -0.3 is 25.3 Å². The normalized spacial score (nSPS) is 16.7. The Kier molecular flexibility index (Phi) is 5.58. The van der Waals surface area contributed by atoms with Gasteiger partial charge in [-0.2, -0.15) is 0 Å². The van der Waals surface area contributed by atoms with Gasteiger partial charge in [0.25, 0.3) is 5.91 Å². The summed E-state index contributed by atoms with van der Waals surface area (Å²) in [6.45, 7) is 6.80. The van der Waals surface area contributed by atoms with Gasteiger partial charge in [-0.3, -0.25) is 4.79 Å². The molecule has 2 unspecified atom stereocenters. The number of nitrogens with zero attached hydrogens (tertiary/aromatic N) is 3. The Hall–Kier alpha value is -3.10. The minimum Gasteiger partial charge on any atom is -0.478 e. The van der Waals surface area contributed by atoms with Crippen molar-refractivity contribution in [3.63, 3.8) is 0 Å². The number of nitrogens with one attached hydrogen (secondary N) is 3. The Balaban J connectivity index is 1.60. The van der Waals surface area contributed by atoms with E-state index in [-0.39, 0.29) is 18.0 Å². The van der Waals surface area contributed by atoms with Crippen LogP contribution in [-0.2, 0) is 17.9 Å². The zero-order chi connectivity index (χ0) is 19.4. The number of urea groups is 1. The highest BCUT2D eigenvalue weighted by Crippen LogP contribution is 2.32. The average molecular weight is 372 g/mol. The Bertz CT molecular complexity index is 834. The largest absolute Gasteiger partial charge is 0.478 e. The van der Waals surface area contributed by atoms with E-state index in [0.29, 0.717) is 30.2 Å². The van der Waals surface area contributed by atoms with Crippen molar-refractivity contribution in [1.29, 1.82) is 0 Å². The van der Waals surface area contributed by atoms with Crippen LogP contribution in [0.3, 0.4) is 0 Å². The van der Waals surface area contributed by atoms with Crippen molar-refractivity contribution in [2.24, 2.45) is 0 Å². The lowest BCUT2D eigenvalue weighted by atomic mass is 10.1. The maximum Gasteiger partial charge on any atom is 0.315 e. The number of aryl methyl sites for hydroxylation is 1. The highest BCUT2D eigenvalue weighted by Gasteiger charge is 2.26. The lowest BCUT2D eigenvalue weighted by Gasteiger charge is -2.26. The smallest absolute Gasteiger partial charge is 0.315 e. The molecule has 1 aliphatic rings. The molecule has 0 fully saturated rings. The van der Waals surface area contributed by atoms with Crippen LogP contribution in [0, 0.1) is 0 Å². The lowest BCUT2D eigenvalue weighted by molar-refractivity contribution is -0.123. The number of hydrogen-bond acceptors (Lipinski definition) is 5. The van der Waals surface area contributed by atoms with Crippen LogP contribution >= 0.6 is 0 Å². The molecule has 1 aromatic heterocycles. The summed E-state index contributed by atoms with van der Waals surface area (Å²) < 4.78 is 7.62. The SMILES string of the molecule is CCC1Oc2cc(C(C)NC(=O)NCc3nncn3CC)ccc2NC1=O. The number of hydrogen-bond donors (Lipinski definition) is 3. The van der Waals surface area contributed by atoms with Gasteiger partial charge in [-0.1, -0.05) is 13.0 Å². The number of carbonyl (C=O) groups excluding carboxylic acids is 2. The Morgan fingerprint density at radius 1 is 1.41 bits per heavy atom. The zero-order valence-electron chi connectivity index (χ0n) is 15.7. The molecule has 3 N–H and O–H groups in total. The van der Waals surface area contributed by atoms with Gasteiger partial charge in [-0.25, -0.2) is 4.79 Å². The summed E-state index contributed by atoms with van der Waals surface area (Å²) in [5.74, 6) is 1.18. The van der Waals surface area contributed by atoms with Crippen molar-refractivity contribution in [3.05, 3.63) is 35.9 Å². The molecule has 0 spiro atoms. The maximum atomic E-state index is 12.2. The topological polar surface area (TPSA) is 110 Å². The molecule has 3 rings (SSSR count). The highest BCUT2D eigenvalue weighted by atomic mass is 16.5. The zero-order valence-corrected chi connectivity index (χ0v) is 15.7. The third-order valence-electron chi connectivity index (χ3n) is 4.49. The quantitative estimate of drug-likeness (QED) is 0.718. The van der Waals surface area contributed by atoms with E-state index in [1.54, 1.807) is 12.4 Å². The molecule has 1 aliphatic heterocycles. The van der Waals surface area contributed by atoms with Crippen molar-refractivity contribution in [3.8, 4) is 5.75 Å². The van der Waals surface area contributed by atoms with Gasteiger partial charge in [-0.05, 0) is 38.0 Å². The molecule has 27 heavy (non-hydrogen) atoms. The predicted octanol–water partition coefficient (Wildman–Crippen LogP) is 1.97. The summed E-state index contributed by atoms with van der Waals surface area (Å²) in [5, 5.41) is 16.3. The van der Waals surface area contributed by atoms with Gasteiger partial charge in [0.15, 0.2) is 11.9 Å². The summed E-state index contributed by atoms with van der Waals surface area (Å²) in [6.07, 6.45) is 1.73. The van der Waals surface area contributed by atoms with Gasteiger partial charge in [-0.15, -0.1) is 10.2 Å². The van der Waals surface area contributed by atoms with E-state index in [1.807, 2.05) is 37.5 Å². The van der Waals surface area contributed by atoms with Gasteiger partial charge in [0, 0.05) is 6.54 Å². The molecule has 2 aromatic rings. The van der Waals surface area contributed by atoms with Crippen LogP contribution in [0.15, 0.2) is 24.5 Å². The molecule has 0 aliphatic carbocycles. The van der Waals surface area contributed by atoms with Crippen molar-refractivity contribution in [2.45, 2.75) is 52.4 Å². The number of fused-ring (bicyclic) bond motifs is 1. The van der Waals surface area contributed by atoms with E-state index in [0.717, 1.165) is 12.1 Å². The second-order valence-electron chi connectivity index (χ2n) is 6.34. The van der Waals surface area contributed by atoms with Crippen molar-refractivity contribution in [1.82, 2.24) is 25.4 Å². The molecule has 1 aromatic carbocycles. The monoisotopic (exact) mass is 372 g/mol. The molecule has 144 valence electrons. The van der Waals surface area contributed by atoms with Gasteiger partial charge >= 0.3 is 6.03 Å². The average Bonchev–Trinajstić information content (AvgIpc) is 3.13. The first-order valence-corrected chi connectivity index (χ1v) is 9.04. The fraction of sp³-hybridized carbons (Fsp3) is 0.444. The first kappa shape index (κ1) is 18.7. The number of ether oxygens (including phenoxy) is 1. The Morgan fingerprint density at radius 2 is 2.22 bits per heavy atom. The van der Waals surface area contributed by atoms with Crippen LogP contribution < -0.4 is 20.7 Å². The standard InChI is InChI=1S/C18H24N6O3/c1-4-14-17(25)22-13-7-6-12(8-15(13)27-14)11(3)21-18(26)19-9-16-23-20-10-24(16)5-2/h6-8,10-11,14H,4-5,9H2,1-3H3,(H,22,25)(H2,19,21,26). The molecule has 0 saturated heterocycles. The van der Waals surface area contributed by atoms with Gasteiger partial charge in [0.1, 0.15) is 12.1 Å². The molecule has 9 nitrogen and oxygen atoms in total. The Morgan fingerprint density at radius 3 is 2.96 bits per heavy atom. The predicted molar refractivity (Wildman–Crippen MR) is 99.3 cm³/mol. The van der Waals surface area contributed by atoms with Crippen LogP contribution in [0.2, 0.25) is 0 Å². The second-order valence-corrected chi connectivity index (χ2v) is 6.34. The first-order chi connectivity index (χ1) is 13.0. The van der Waals surface area contributed by atoms with E-state index in [2.05, 4.69) is 26.1 Å². The molecular formula is C18H24N6O3. The third-order valence-corrected chi connectivity index (χ3v) is 4.49. The summed E-state index contributed by atoms with van der Waals surface area (Å²) in [5.41, 5.74) is 1.52. The third kappa shape index (κ3) is 4.18. The number of anilines is 1. The van der Waals surface area contributed by atoms with E-state index in [1.165, 1.54) is 0 Å². The number of rotatable bonds is 6. The minimum atomic E-state index is -0.491. The molecule has 0 saturated carbocycles. The van der Waals surface area contributed by atoms with Crippen LogP contribution in [0.4, 0.5) is 10.5 Å². The number of carbonyl (C=O) groups is 2. The molecule has 0 bridgehead atoms. The number of amides is 3. The molecule has 3 amide bonds. The maximum absolute atomic E-state index is 12.2. The van der Waals surface area contributed by atoms with E-state index in [4.69, 9.17) is 4.74 Å². The summed E-state index contributed by atoms with van der Waals surface area (Å²) >= 11 is 0. The number of benzene rings is 1. The van der Waals surface area contributed by atoms with Gasteiger partial charge in [0.05, 0.1) is 18.3 Å². The van der Waals surface area contributed by atoms with Crippen LogP contribution in [-0.4, -0.2) is 32.8 Å². The van der Waals surface area contributed by atoms with Crippen molar-refractivity contribution >= 4 is 17.6 Å². The van der Waals surface area contributed by atoms with Crippen LogP contribution in [0.1, 0.15) is 44.6 Å². The van der Waals surface area contributed by atoms with E-state index < -0.39 is 6.10 Å². The Labute approximate surface area is 157 Å². The van der Waals surface area contributed by atoms with Crippen molar-refractivity contribution < 1.29 is 14.3 Å². The fourth-order valence-electron chi connectivity index (χ4n) is 2.87. The summed E-state index contributed by atoms with van der Waals surface area (Å²) in [4.78, 5) is 24.0. The molecule has 0 radical (unpaired) electrons. The minimum absolute atomic E-state index is 0.136. The molecular weight excluding hydrogens is 348 g/mol. The lowest BCUT2D eigenvalue weighted by Crippen LogP contribution is -2.38. The summed E-state index contributed by atoms with van der Waals surface area (Å²) in [6, 6.07) is 4.95. The summed E-state index contributed by atoms with van der Waals surface area (Å²) in [7, 11) is 0. The first-order valence-electron chi connectivity index (χ1n) is 9.04. The van der Waals surface area contributed by atoms with Crippen LogP contribution in [0.5, 0.6) is 5.75 Å². The molecule has 9 heteroatoms. The van der Waals surface area contributed by atoms with E-state index >= 15 is 0 Å².